The number of nitrogens with zero attached hydrogens (tertiary/aromatic N) is 2. The number of hydrogen-bond acceptors (Lipinski definition) is 10. The van der Waals surface area contributed by atoms with Crippen molar-refractivity contribution in [2.24, 2.45) is 22.9 Å². The Labute approximate surface area is 390 Å². The fourth-order valence-electron chi connectivity index (χ4n) is 10.1. The van der Waals surface area contributed by atoms with E-state index in [0.717, 1.165) is 56.1 Å². The van der Waals surface area contributed by atoms with E-state index < -0.39 is 35.8 Å². The molecule has 0 unspecified atom stereocenters. The van der Waals surface area contributed by atoms with Crippen LogP contribution in [0.1, 0.15) is 133 Å². The maximum absolute atomic E-state index is 14.4. The minimum absolute atomic E-state index is 0.0103. The molecule has 0 spiro atoms. The molecule has 1 fully saturated rings. The SMILES string of the molecule is C=CCO[C@@]12Oc3ccc(OC(=O)NCCCCCCCCCCCC)cc3[C@H]3[C@H](CCCCO)[C@@H](CCCCO)C=C(C(=NOC)C[C@@H]1N(Cc1ccc(F)cc1)C(=O)OCCCl)[C@H]32. The zero-order valence-electron chi connectivity index (χ0n) is 38.7. The molecule has 1 saturated carbocycles. The normalized spacial score (nSPS) is 22.5. The number of ether oxygens (including phenoxy) is 4. The quantitative estimate of drug-likeness (QED) is 0.0314. The largest absolute Gasteiger partial charge is 0.459 e. The third-order valence-electron chi connectivity index (χ3n) is 13.0. The summed E-state index contributed by atoms with van der Waals surface area (Å²) >= 11 is 6.04. The molecule has 0 saturated heterocycles. The average Bonchev–Trinajstić information content (AvgIpc) is 3.30. The van der Waals surface area contributed by atoms with E-state index >= 15 is 0 Å². The third-order valence-corrected chi connectivity index (χ3v) is 13.2. The van der Waals surface area contributed by atoms with Crippen LogP contribution in [0.5, 0.6) is 11.5 Å². The number of allylic oxidation sites excluding steroid dienone is 1. The van der Waals surface area contributed by atoms with Gasteiger partial charge in [-0.05, 0) is 85.4 Å². The number of benzene rings is 2. The van der Waals surface area contributed by atoms with Crippen LogP contribution in [-0.4, -0.2) is 90.8 Å². The van der Waals surface area contributed by atoms with Crippen LogP contribution in [0, 0.1) is 23.6 Å². The number of oxime groups is 1. The number of aliphatic hydroxyl groups is 2. The standard InChI is InChI=1S/C51H73ClFN3O9/c1-4-6-7-8-9-10-11-12-13-16-28-54-49(59)64-40-25-26-45-43(34-40)47-41(20-15-18-30-58)38(19-14-17-29-57)33-42-44(55-61-3)35-46(51(65-45,48(42)47)63-31-5-2)56(50(60)62-32-27-52)36-37-21-23-39(53)24-22-37/h5,21-26,33-34,38,41,46-48,57-58H,2,4,6-20,27-32,35-36H2,1,3H3,(H,54,59)/t38-,41+,46-,47+,48+,51+/m0/s1. The van der Waals surface area contributed by atoms with Gasteiger partial charge in [0.05, 0.1) is 24.1 Å². The second kappa shape index (κ2) is 27.5. The molecule has 12 nitrogen and oxygen atoms in total. The summed E-state index contributed by atoms with van der Waals surface area (Å²) in [4.78, 5) is 34.7. The lowest BCUT2D eigenvalue weighted by atomic mass is 9.55. The molecular formula is C51H73ClFN3O9. The number of rotatable bonds is 29. The molecule has 2 aromatic carbocycles. The van der Waals surface area contributed by atoms with E-state index in [-0.39, 0.29) is 63.0 Å². The number of fused-ring (bicyclic) bond motifs is 2. The van der Waals surface area contributed by atoms with Crippen molar-refractivity contribution < 1.29 is 48.0 Å². The lowest BCUT2D eigenvalue weighted by molar-refractivity contribution is -0.256. The van der Waals surface area contributed by atoms with E-state index in [1.165, 1.54) is 64.2 Å². The van der Waals surface area contributed by atoms with E-state index in [4.69, 9.17) is 35.4 Å². The molecule has 1 heterocycles. The highest BCUT2D eigenvalue weighted by atomic mass is 35.5. The Morgan fingerprint density at radius 3 is 2.32 bits per heavy atom. The first kappa shape index (κ1) is 51.8. The van der Waals surface area contributed by atoms with Gasteiger partial charge in [-0.15, -0.1) is 18.2 Å². The smallest absolute Gasteiger partial charge is 0.412 e. The highest BCUT2D eigenvalue weighted by molar-refractivity contribution is 6.18. The number of amides is 2. The molecule has 5 rings (SSSR count). The van der Waals surface area contributed by atoms with Crippen LogP contribution in [0.15, 0.2) is 71.9 Å². The lowest BCUT2D eigenvalue weighted by Gasteiger charge is -2.59. The average molecular weight is 927 g/mol. The van der Waals surface area contributed by atoms with Gasteiger partial charge in [0.25, 0.3) is 0 Å². The molecular weight excluding hydrogens is 853 g/mol. The van der Waals surface area contributed by atoms with Crippen LogP contribution in [0.3, 0.4) is 0 Å². The predicted molar refractivity (Wildman–Crippen MR) is 252 cm³/mol. The van der Waals surface area contributed by atoms with Crippen molar-refractivity contribution >= 4 is 29.5 Å². The summed E-state index contributed by atoms with van der Waals surface area (Å²) in [6, 6.07) is 10.4. The van der Waals surface area contributed by atoms with Crippen LogP contribution < -0.4 is 14.8 Å². The van der Waals surface area contributed by atoms with Crippen LogP contribution in [0.25, 0.3) is 0 Å². The molecule has 0 aromatic heterocycles. The fourth-order valence-corrected chi connectivity index (χ4v) is 10.1. The molecule has 2 amide bonds. The molecule has 0 radical (unpaired) electrons. The molecule has 360 valence electrons. The summed E-state index contributed by atoms with van der Waals surface area (Å²) < 4.78 is 40.1. The van der Waals surface area contributed by atoms with Gasteiger partial charge in [0, 0.05) is 44.2 Å². The molecule has 0 bridgehead atoms. The Balaban J connectivity index is 1.55. The Morgan fingerprint density at radius 2 is 1.66 bits per heavy atom. The Bertz CT molecular complexity index is 1850. The van der Waals surface area contributed by atoms with Gasteiger partial charge in [-0.3, -0.25) is 4.90 Å². The van der Waals surface area contributed by atoms with Crippen molar-refractivity contribution in [2.75, 3.05) is 46.0 Å². The first-order valence-electron chi connectivity index (χ1n) is 24.1. The molecule has 2 aromatic rings. The number of carbonyl (C=O) groups excluding carboxylic acids is 2. The van der Waals surface area contributed by atoms with Gasteiger partial charge in [0.15, 0.2) is 0 Å². The van der Waals surface area contributed by atoms with Crippen molar-refractivity contribution in [1.29, 1.82) is 0 Å². The Hall–Kier alpha value is -4.17. The van der Waals surface area contributed by atoms with Gasteiger partial charge in [-0.1, -0.05) is 107 Å². The van der Waals surface area contributed by atoms with E-state index in [2.05, 4.69) is 30.1 Å². The first-order chi connectivity index (χ1) is 31.7. The summed E-state index contributed by atoms with van der Waals surface area (Å²) in [5, 5.41) is 27.3. The Morgan fingerprint density at radius 1 is 0.969 bits per heavy atom. The number of alkyl halides is 1. The van der Waals surface area contributed by atoms with Crippen LogP contribution in [0.4, 0.5) is 14.0 Å². The molecule has 65 heavy (non-hydrogen) atoms. The summed E-state index contributed by atoms with van der Waals surface area (Å²) in [5.41, 5.74) is 2.92. The van der Waals surface area contributed by atoms with Crippen LogP contribution in [-0.2, 0) is 20.9 Å². The van der Waals surface area contributed by atoms with Crippen molar-refractivity contribution in [2.45, 2.75) is 140 Å². The molecule has 2 aliphatic carbocycles. The van der Waals surface area contributed by atoms with Crippen molar-refractivity contribution in [3.05, 3.63) is 83.7 Å². The zero-order chi connectivity index (χ0) is 46.4. The monoisotopic (exact) mass is 926 g/mol. The molecule has 14 heteroatoms. The predicted octanol–water partition coefficient (Wildman–Crippen LogP) is 11.0. The highest BCUT2D eigenvalue weighted by Gasteiger charge is 2.65. The van der Waals surface area contributed by atoms with Gasteiger partial charge in [0.2, 0.25) is 5.79 Å². The maximum atomic E-state index is 14.4. The highest BCUT2D eigenvalue weighted by Crippen LogP contribution is 2.62. The summed E-state index contributed by atoms with van der Waals surface area (Å²) in [6.45, 7) is 6.88. The number of halogens is 2. The van der Waals surface area contributed by atoms with E-state index in [1.54, 1.807) is 35.2 Å². The molecule has 3 N–H and O–H groups in total. The molecule has 6 atom stereocenters. The van der Waals surface area contributed by atoms with E-state index in [1.807, 2.05) is 6.07 Å². The summed E-state index contributed by atoms with van der Waals surface area (Å²) in [6.07, 6.45) is 19.1. The van der Waals surface area contributed by atoms with Crippen LogP contribution in [0.2, 0.25) is 0 Å². The first-order valence-corrected chi connectivity index (χ1v) is 24.6. The number of unbranched alkanes of at least 4 members (excludes halogenated alkanes) is 11. The van der Waals surface area contributed by atoms with Gasteiger partial charge in [-0.25, -0.2) is 14.0 Å². The molecule has 1 aliphatic heterocycles. The Kier molecular flexibility index (Phi) is 21.9. The topological polar surface area (TPSA) is 148 Å². The summed E-state index contributed by atoms with van der Waals surface area (Å²) in [5.74, 6) is -1.99. The van der Waals surface area contributed by atoms with Gasteiger partial charge in [0.1, 0.15) is 37.1 Å². The second-order valence-corrected chi connectivity index (χ2v) is 17.9. The van der Waals surface area contributed by atoms with Crippen LogP contribution >= 0.6 is 11.6 Å². The van der Waals surface area contributed by atoms with Gasteiger partial charge < -0.3 is 39.3 Å². The zero-order valence-corrected chi connectivity index (χ0v) is 39.4. The maximum Gasteiger partial charge on any atom is 0.412 e. The van der Waals surface area contributed by atoms with E-state index in [0.29, 0.717) is 42.2 Å². The van der Waals surface area contributed by atoms with Crippen molar-refractivity contribution in [1.82, 2.24) is 10.2 Å². The number of hydrogen-bond donors (Lipinski definition) is 3. The summed E-state index contributed by atoms with van der Waals surface area (Å²) in [7, 11) is 1.48. The van der Waals surface area contributed by atoms with Crippen molar-refractivity contribution in [3.63, 3.8) is 0 Å². The van der Waals surface area contributed by atoms with Gasteiger partial charge in [-0.2, -0.15) is 0 Å². The number of aliphatic hydroxyl groups excluding tert-OH is 2. The lowest BCUT2D eigenvalue weighted by Crippen LogP contribution is -2.70. The van der Waals surface area contributed by atoms with E-state index in [9.17, 15) is 24.2 Å². The van der Waals surface area contributed by atoms with Crippen molar-refractivity contribution in [3.8, 4) is 11.5 Å². The number of carbonyl (C=O) groups is 2. The fraction of sp³-hybridized carbons (Fsp3) is 0.627. The number of nitrogens with one attached hydrogen (secondary N) is 1. The molecule has 3 aliphatic rings. The second-order valence-electron chi connectivity index (χ2n) is 17.5. The minimum Gasteiger partial charge on any atom is -0.459 e. The third kappa shape index (κ3) is 14.2. The van der Waals surface area contributed by atoms with Gasteiger partial charge >= 0.3 is 12.2 Å². The minimum atomic E-state index is -1.55.